The molecule has 0 saturated heterocycles. The molecule has 1 aliphatic rings. The molecule has 2 rings (SSSR count). The molecule has 17 heavy (non-hydrogen) atoms. The van der Waals surface area contributed by atoms with Gasteiger partial charge in [0.1, 0.15) is 6.07 Å². The van der Waals surface area contributed by atoms with Crippen molar-refractivity contribution in [2.24, 2.45) is 0 Å². The number of nitrogens with zero attached hydrogens (tertiary/aromatic N) is 2. The maximum Gasteiger partial charge on any atom is 0.103 e. The van der Waals surface area contributed by atoms with Crippen molar-refractivity contribution in [1.29, 1.82) is 5.26 Å². The Bertz CT molecular complexity index is 458. The van der Waals surface area contributed by atoms with Crippen molar-refractivity contribution >= 4 is 5.69 Å². The molecule has 0 amide bonds. The summed E-state index contributed by atoms with van der Waals surface area (Å²) in [7, 11) is 1.74. The van der Waals surface area contributed by atoms with Gasteiger partial charge in [-0.3, -0.25) is 4.98 Å². The summed E-state index contributed by atoms with van der Waals surface area (Å²) in [5.41, 5.74) is 3.28. The van der Waals surface area contributed by atoms with E-state index in [9.17, 15) is 0 Å². The van der Waals surface area contributed by atoms with Crippen molar-refractivity contribution < 1.29 is 4.74 Å². The summed E-state index contributed by atoms with van der Waals surface area (Å²) in [6.07, 6.45) is 2.37. The summed E-state index contributed by atoms with van der Waals surface area (Å²) in [4.78, 5) is 4.30. The smallest absolute Gasteiger partial charge is 0.103 e. The molecule has 1 N–H and O–H groups in total. The van der Waals surface area contributed by atoms with E-state index in [1.54, 1.807) is 7.11 Å². The van der Waals surface area contributed by atoms with E-state index in [-0.39, 0.29) is 0 Å². The lowest BCUT2D eigenvalue weighted by Crippen LogP contribution is -2.40. The van der Waals surface area contributed by atoms with Gasteiger partial charge < -0.3 is 10.1 Å². The van der Waals surface area contributed by atoms with Gasteiger partial charge in [-0.15, -0.1) is 0 Å². The summed E-state index contributed by atoms with van der Waals surface area (Å²) in [6.45, 7) is 3.81. The first-order valence-corrected chi connectivity index (χ1v) is 5.81. The zero-order valence-electron chi connectivity index (χ0n) is 10.4. The fraction of sp³-hybridized carbons (Fsp3) is 0.538. The van der Waals surface area contributed by atoms with Gasteiger partial charge in [0.05, 0.1) is 23.0 Å². The summed E-state index contributed by atoms with van der Waals surface area (Å²) >= 11 is 0. The maximum absolute atomic E-state index is 9.14. The van der Waals surface area contributed by atoms with Gasteiger partial charge in [0.2, 0.25) is 0 Å². The van der Waals surface area contributed by atoms with Gasteiger partial charge in [-0.25, -0.2) is 0 Å². The normalized spacial score (nSPS) is 22.7. The first-order chi connectivity index (χ1) is 8.13. The number of rotatable bonds is 3. The SMILES string of the molecule is COC1CC(Nc2cc(C)nc(C)c2C#N)C1. The number of anilines is 1. The largest absolute Gasteiger partial charge is 0.381 e. The van der Waals surface area contributed by atoms with Gasteiger partial charge in [-0.1, -0.05) is 0 Å². The van der Waals surface area contributed by atoms with Crippen molar-refractivity contribution in [2.75, 3.05) is 12.4 Å². The molecule has 1 fully saturated rings. The standard InChI is InChI=1S/C13H17N3O/c1-8-4-13(12(7-14)9(2)15-8)16-10-5-11(6-10)17-3/h4,10-11H,5-6H2,1-3H3,(H,15,16). The van der Waals surface area contributed by atoms with Crippen molar-refractivity contribution in [3.63, 3.8) is 0 Å². The molecule has 1 aromatic rings. The summed E-state index contributed by atoms with van der Waals surface area (Å²) in [5.74, 6) is 0. The number of aromatic nitrogens is 1. The van der Waals surface area contributed by atoms with Crippen LogP contribution in [0.2, 0.25) is 0 Å². The number of aryl methyl sites for hydroxylation is 2. The summed E-state index contributed by atoms with van der Waals surface area (Å²) < 4.78 is 5.24. The van der Waals surface area contributed by atoms with E-state index in [0.717, 1.165) is 29.9 Å². The molecule has 0 aliphatic heterocycles. The van der Waals surface area contributed by atoms with Gasteiger partial charge in [0.25, 0.3) is 0 Å². The fourth-order valence-corrected chi connectivity index (χ4v) is 2.18. The summed E-state index contributed by atoms with van der Waals surface area (Å²) in [5, 5.41) is 12.5. The predicted octanol–water partition coefficient (Wildman–Crippen LogP) is 2.16. The van der Waals surface area contributed by atoms with Crippen LogP contribution in [-0.4, -0.2) is 24.2 Å². The number of nitrogens with one attached hydrogen (secondary N) is 1. The molecule has 90 valence electrons. The number of methoxy groups -OCH3 is 1. The van der Waals surface area contributed by atoms with Crippen molar-refractivity contribution in [3.8, 4) is 6.07 Å². The third kappa shape index (κ3) is 2.40. The molecule has 0 radical (unpaired) electrons. The van der Waals surface area contributed by atoms with Crippen LogP contribution in [0.4, 0.5) is 5.69 Å². The third-order valence-electron chi connectivity index (χ3n) is 3.23. The Labute approximate surface area is 102 Å². The minimum Gasteiger partial charge on any atom is -0.381 e. The predicted molar refractivity (Wildman–Crippen MR) is 65.9 cm³/mol. The Hall–Kier alpha value is -1.60. The molecule has 1 saturated carbocycles. The van der Waals surface area contributed by atoms with Gasteiger partial charge >= 0.3 is 0 Å². The first kappa shape index (κ1) is 11.9. The maximum atomic E-state index is 9.14. The highest BCUT2D eigenvalue weighted by atomic mass is 16.5. The van der Waals surface area contributed by atoms with Gasteiger partial charge in [0.15, 0.2) is 0 Å². The van der Waals surface area contributed by atoms with E-state index in [0.29, 0.717) is 17.7 Å². The molecule has 1 heterocycles. The van der Waals surface area contributed by atoms with E-state index in [2.05, 4.69) is 16.4 Å². The van der Waals surface area contributed by atoms with E-state index in [1.165, 1.54) is 0 Å². The molecule has 1 aliphatic carbocycles. The van der Waals surface area contributed by atoms with E-state index in [4.69, 9.17) is 10.00 Å². The molecular weight excluding hydrogens is 214 g/mol. The highest BCUT2D eigenvalue weighted by Gasteiger charge is 2.29. The van der Waals surface area contributed by atoms with Crippen molar-refractivity contribution in [2.45, 2.75) is 38.8 Å². The Morgan fingerprint density at radius 2 is 2.18 bits per heavy atom. The van der Waals surface area contributed by atoms with Gasteiger partial charge in [0, 0.05) is 18.8 Å². The number of nitriles is 1. The lowest BCUT2D eigenvalue weighted by molar-refractivity contribution is 0.0328. The van der Waals surface area contributed by atoms with Crippen LogP contribution in [0.1, 0.15) is 29.8 Å². The molecular formula is C13H17N3O. The Balaban J connectivity index is 2.13. The van der Waals surface area contributed by atoms with Crippen LogP contribution in [0.3, 0.4) is 0 Å². The van der Waals surface area contributed by atoms with Gasteiger partial charge in [-0.2, -0.15) is 5.26 Å². The number of hydrogen-bond donors (Lipinski definition) is 1. The van der Waals surface area contributed by atoms with Crippen molar-refractivity contribution in [1.82, 2.24) is 4.98 Å². The highest BCUT2D eigenvalue weighted by Crippen LogP contribution is 2.28. The minimum absolute atomic E-state index is 0.363. The quantitative estimate of drug-likeness (QED) is 0.866. The van der Waals surface area contributed by atoms with Crippen LogP contribution >= 0.6 is 0 Å². The molecule has 0 unspecified atom stereocenters. The summed E-state index contributed by atoms with van der Waals surface area (Å²) in [6, 6.07) is 4.56. The zero-order valence-corrected chi connectivity index (χ0v) is 10.4. The van der Waals surface area contributed by atoms with E-state index < -0.39 is 0 Å². The molecule has 0 bridgehead atoms. The molecule has 4 nitrogen and oxygen atoms in total. The second kappa shape index (κ2) is 4.72. The van der Waals surface area contributed by atoms with Crippen LogP contribution in [0.25, 0.3) is 0 Å². The van der Waals surface area contributed by atoms with Crippen molar-refractivity contribution in [3.05, 3.63) is 23.0 Å². The van der Waals surface area contributed by atoms with Crippen LogP contribution in [0.15, 0.2) is 6.07 Å². The fourth-order valence-electron chi connectivity index (χ4n) is 2.18. The second-order valence-corrected chi connectivity index (χ2v) is 4.55. The molecule has 1 aromatic heterocycles. The lowest BCUT2D eigenvalue weighted by atomic mass is 9.89. The van der Waals surface area contributed by atoms with Crippen LogP contribution in [0.5, 0.6) is 0 Å². The lowest BCUT2D eigenvalue weighted by Gasteiger charge is -2.35. The average Bonchev–Trinajstić information content (AvgIpc) is 2.22. The second-order valence-electron chi connectivity index (χ2n) is 4.55. The van der Waals surface area contributed by atoms with Crippen LogP contribution in [0, 0.1) is 25.2 Å². The number of ether oxygens (including phenoxy) is 1. The molecule has 0 aromatic carbocycles. The Kier molecular flexibility index (Phi) is 3.30. The first-order valence-electron chi connectivity index (χ1n) is 5.81. The zero-order chi connectivity index (χ0) is 12.4. The average molecular weight is 231 g/mol. The van der Waals surface area contributed by atoms with Crippen LogP contribution in [-0.2, 0) is 4.74 Å². The molecule has 0 spiro atoms. The number of pyridine rings is 1. The van der Waals surface area contributed by atoms with Gasteiger partial charge in [-0.05, 0) is 32.8 Å². The topological polar surface area (TPSA) is 57.9 Å². The number of hydrogen-bond acceptors (Lipinski definition) is 4. The highest BCUT2D eigenvalue weighted by molar-refractivity contribution is 5.60. The Morgan fingerprint density at radius 1 is 1.47 bits per heavy atom. The van der Waals surface area contributed by atoms with E-state index >= 15 is 0 Å². The molecule has 4 heteroatoms. The van der Waals surface area contributed by atoms with E-state index in [1.807, 2.05) is 19.9 Å². The van der Waals surface area contributed by atoms with Crippen LogP contribution < -0.4 is 5.32 Å². The monoisotopic (exact) mass is 231 g/mol. The Morgan fingerprint density at radius 3 is 2.76 bits per heavy atom. The molecule has 0 atom stereocenters. The minimum atomic E-state index is 0.363. The third-order valence-corrected chi connectivity index (χ3v) is 3.23.